The molecule has 0 aromatic heterocycles. The third-order valence-corrected chi connectivity index (χ3v) is 2.52. The van der Waals surface area contributed by atoms with Gasteiger partial charge in [0.25, 0.3) is 0 Å². The fourth-order valence-corrected chi connectivity index (χ4v) is 1.52. The van der Waals surface area contributed by atoms with Crippen molar-refractivity contribution in [2.24, 2.45) is 0 Å². The number of benzene rings is 1. The van der Waals surface area contributed by atoms with Crippen LogP contribution in [-0.2, 0) is 9.53 Å². The van der Waals surface area contributed by atoms with Crippen molar-refractivity contribution in [1.82, 2.24) is 0 Å². The number of rotatable bonds is 8. The number of esters is 1. The molecule has 0 N–H and O–H groups in total. The maximum absolute atomic E-state index is 11.1. The smallest absolute Gasteiger partial charge is 0.330 e. The second-order valence-corrected chi connectivity index (χ2v) is 4.25. The Bertz CT molecular complexity index is 452. The van der Waals surface area contributed by atoms with E-state index in [1.807, 2.05) is 25.1 Å². The Kier molecular flexibility index (Phi) is 7.25. The lowest BCUT2D eigenvalue weighted by Gasteiger charge is -2.11. The van der Waals surface area contributed by atoms with E-state index >= 15 is 0 Å². The Labute approximate surface area is 120 Å². The number of hydrogen-bond acceptors (Lipinski definition) is 4. The Morgan fingerprint density at radius 1 is 1.15 bits per heavy atom. The van der Waals surface area contributed by atoms with Gasteiger partial charge in [-0.2, -0.15) is 0 Å². The van der Waals surface area contributed by atoms with E-state index in [4.69, 9.17) is 9.47 Å². The van der Waals surface area contributed by atoms with E-state index in [-0.39, 0.29) is 0 Å². The minimum atomic E-state index is -0.391. The highest BCUT2D eigenvalue weighted by Gasteiger charge is 2.05. The van der Waals surface area contributed by atoms with Crippen LogP contribution in [0.25, 0.3) is 6.08 Å². The predicted octanol–water partition coefficient (Wildman–Crippen LogP) is 3.45. The van der Waals surface area contributed by atoms with Gasteiger partial charge in [-0.05, 0) is 31.1 Å². The third-order valence-electron chi connectivity index (χ3n) is 2.52. The van der Waals surface area contributed by atoms with Crippen molar-refractivity contribution < 1.29 is 19.0 Å². The molecule has 0 unspecified atom stereocenters. The molecule has 0 radical (unpaired) electrons. The average Bonchev–Trinajstić information content (AvgIpc) is 2.49. The number of ether oxygens (including phenoxy) is 3. The van der Waals surface area contributed by atoms with Crippen LogP contribution in [0.3, 0.4) is 0 Å². The SMILES string of the molecule is CCCOc1ccc(C=CC(=O)OC)c(OCCC)c1. The summed E-state index contributed by atoms with van der Waals surface area (Å²) in [6, 6.07) is 5.59. The third kappa shape index (κ3) is 5.34. The molecule has 0 atom stereocenters. The number of carbonyl (C=O) groups is 1. The van der Waals surface area contributed by atoms with Gasteiger partial charge in [-0.3, -0.25) is 0 Å². The van der Waals surface area contributed by atoms with Gasteiger partial charge >= 0.3 is 5.97 Å². The van der Waals surface area contributed by atoms with Crippen molar-refractivity contribution >= 4 is 12.0 Å². The van der Waals surface area contributed by atoms with Crippen LogP contribution in [0.1, 0.15) is 32.3 Å². The van der Waals surface area contributed by atoms with Gasteiger partial charge in [0, 0.05) is 17.7 Å². The molecule has 0 bridgehead atoms. The summed E-state index contributed by atoms with van der Waals surface area (Å²) < 4.78 is 15.8. The number of hydrogen-bond donors (Lipinski definition) is 0. The normalized spacial score (nSPS) is 10.6. The molecule has 0 fully saturated rings. The van der Waals surface area contributed by atoms with Crippen LogP contribution in [0.15, 0.2) is 24.3 Å². The molecule has 1 rings (SSSR count). The minimum absolute atomic E-state index is 0.391. The molecule has 1 aromatic rings. The van der Waals surface area contributed by atoms with Gasteiger partial charge in [0.1, 0.15) is 11.5 Å². The van der Waals surface area contributed by atoms with Crippen molar-refractivity contribution in [3.05, 3.63) is 29.8 Å². The largest absolute Gasteiger partial charge is 0.493 e. The summed E-state index contributed by atoms with van der Waals surface area (Å²) in [4.78, 5) is 11.1. The maximum atomic E-state index is 11.1. The summed E-state index contributed by atoms with van der Waals surface area (Å²) >= 11 is 0. The first-order chi connectivity index (χ1) is 9.71. The standard InChI is InChI=1S/C16H22O4/c1-4-10-19-14-8-6-13(7-9-16(17)18-3)15(12-14)20-11-5-2/h6-9,12H,4-5,10-11H2,1-3H3. The Balaban J connectivity index is 2.90. The minimum Gasteiger partial charge on any atom is -0.493 e. The highest BCUT2D eigenvalue weighted by Crippen LogP contribution is 2.26. The summed E-state index contributed by atoms with van der Waals surface area (Å²) in [6.07, 6.45) is 4.93. The lowest BCUT2D eigenvalue weighted by Crippen LogP contribution is -2.00. The van der Waals surface area contributed by atoms with Gasteiger partial charge in [-0.25, -0.2) is 4.79 Å². The summed E-state index contributed by atoms with van der Waals surface area (Å²) in [7, 11) is 1.35. The van der Waals surface area contributed by atoms with Gasteiger partial charge in [-0.15, -0.1) is 0 Å². The topological polar surface area (TPSA) is 44.8 Å². The molecule has 0 aliphatic rings. The van der Waals surface area contributed by atoms with Gasteiger partial charge in [0.2, 0.25) is 0 Å². The first kappa shape index (κ1) is 16.1. The molecule has 0 aliphatic carbocycles. The molecule has 4 nitrogen and oxygen atoms in total. The Hall–Kier alpha value is -1.97. The van der Waals surface area contributed by atoms with Crippen LogP contribution in [-0.4, -0.2) is 26.3 Å². The molecule has 0 saturated carbocycles. The van der Waals surface area contributed by atoms with E-state index in [0.29, 0.717) is 19.0 Å². The monoisotopic (exact) mass is 278 g/mol. The number of methoxy groups -OCH3 is 1. The van der Waals surface area contributed by atoms with E-state index in [1.54, 1.807) is 6.08 Å². The molecule has 110 valence electrons. The molecule has 0 spiro atoms. The average molecular weight is 278 g/mol. The molecule has 0 amide bonds. The van der Waals surface area contributed by atoms with Gasteiger partial charge in [-0.1, -0.05) is 13.8 Å². The van der Waals surface area contributed by atoms with Crippen LogP contribution in [0.4, 0.5) is 0 Å². The fraction of sp³-hybridized carbons (Fsp3) is 0.438. The fourth-order valence-electron chi connectivity index (χ4n) is 1.52. The summed E-state index contributed by atoms with van der Waals surface area (Å²) in [6.45, 7) is 5.39. The van der Waals surface area contributed by atoms with Gasteiger partial charge in [0.15, 0.2) is 0 Å². The predicted molar refractivity (Wildman–Crippen MR) is 79.1 cm³/mol. The number of carbonyl (C=O) groups excluding carboxylic acids is 1. The summed E-state index contributed by atoms with van der Waals surface area (Å²) in [5, 5.41) is 0. The molecular weight excluding hydrogens is 256 g/mol. The van der Waals surface area contributed by atoms with E-state index in [2.05, 4.69) is 11.7 Å². The van der Waals surface area contributed by atoms with Crippen LogP contribution < -0.4 is 9.47 Å². The van der Waals surface area contributed by atoms with Crippen LogP contribution in [0.2, 0.25) is 0 Å². The van der Waals surface area contributed by atoms with Gasteiger partial charge < -0.3 is 14.2 Å². The highest BCUT2D eigenvalue weighted by molar-refractivity contribution is 5.87. The van der Waals surface area contributed by atoms with Crippen molar-refractivity contribution in [1.29, 1.82) is 0 Å². The Morgan fingerprint density at radius 2 is 1.85 bits per heavy atom. The second kappa shape index (κ2) is 9.02. The van der Waals surface area contributed by atoms with Crippen LogP contribution in [0, 0.1) is 0 Å². The second-order valence-electron chi connectivity index (χ2n) is 4.25. The summed E-state index contributed by atoms with van der Waals surface area (Å²) in [5.74, 6) is 1.09. The van der Waals surface area contributed by atoms with Crippen molar-refractivity contribution in [2.45, 2.75) is 26.7 Å². The molecule has 0 heterocycles. The van der Waals surface area contributed by atoms with Crippen molar-refractivity contribution in [3.63, 3.8) is 0 Å². The molecule has 4 heteroatoms. The zero-order chi connectivity index (χ0) is 14.8. The first-order valence-corrected chi connectivity index (χ1v) is 6.87. The highest BCUT2D eigenvalue weighted by atomic mass is 16.5. The van der Waals surface area contributed by atoms with E-state index in [0.717, 1.165) is 24.2 Å². The van der Waals surface area contributed by atoms with Crippen LogP contribution >= 0.6 is 0 Å². The van der Waals surface area contributed by atoms with Crippen molar-refractivity contribution in [3.8, 4) is 11.5 Å². The van der Waals surface area contributed by atoms with E-state index in [1.165, 1.54) is 13.2 Å². The zero-order valence-electron chi connectivity index (χ0n) is 12.3. The van der Waals surface area contributed by atoms with Gasteiger partial charge in [0.05, 0.1) is 20.3 Å². The van der Waals surface area contributed by atoms with Crippen LogP contribution in [0.5, 0.6) is 11.5 Å². The Morgan fingerprint density at radius 3 is 2.50 bits per heavy atom. The molecular formula is C16H22O4. The maximum Gasteiger partial charge on any atom is 0.330 e. The zero-order valence-corrected chi connectivity index (χ0v) is 12.3. The molecule has 20 heavy (non-hydrogen) atoms. The van der Waals surface area contributed by atoms with Crippen molar-refractivity contribution in [2.75, 3.05) is 20.3 Å². The lowest BCUT2D eigenvalue weighted by molar-refractivity contribution is -0.134. The molecule has 0 aliphatic heterocycles. The molecule has 1 aromatic carbocycles. The summed E-state index contributed by atoms with van der Waals surface area (Å²) in [5.41, 5.74) is 0.827. The quantitative estimate of drug-likeness (QED) is 0.539. The first-order valence-electron chi connectivity index (χ1n) is 6.87. The molecule has 0 saturated heterocycles. The van der Waals surface area contributed by atoms with E-state index in [9.17, 15) is 4.79 Å². The van der Waals surface area contributed by atoms with E-state index < -0.39 is 5.97 Å². The lowest BCUT2D eigenvalue weighted by atomic mass is 10.1.